The molecule has 3 rings (SSSR count). The van der Waals surface area contributed by atoms with Crippen molar-refractivity contribution in [2.24, 2.45) is 11.8 Å². The minimum Gasteiger partial charge on any atom is -0.340 e. The van der Waals surface area contributed by atoms with Crippen LogP contribution in [0.5, 0.6) is 0 Å². The molecule has 0 bridgehead atoms. The SMILES string of the molecule is Cc1ccccc1C(=O)N[C@H](C(=O)Nc1nc(CN2CCC[C@H](C)C2)cs1)C(C)C. The first-order valence-electron chi connectivity index (χ1n) is 10.7. The third-order valence-electron chi connectivity index (χ3n) is 5.53. The summed E-state index contributed by atoms with van der Waals surface area (Å²) in [7, 11) is 0. The number of carbonyl (C=O) groups is 2. The second-order valence-corrected chi connectivity index (χ2v) is 9.48. The van der Waals surface area contributed by atoms with E-state index in [1.807, 2.05) is 44.4 Å². The maximum atomic E-state index is 12.9. The molecule has 0 unspecified atom stereocenters. The normalized spacial score (nSPS) is 18.2. The van der Waals surface area contributed by atoms with Crippen LogP contribution in [0.25, 0.3) is 0 Å². The number of carbonyl (C=O) groups excluding carboxylic acids is 2. The molecular weight excluding hydrogens is 396 g/mol. The molecule has 0 saturated carbocycles. The number of piperidine rings is 1. The molecule has 2 N–H and O–H groups in total. The second kappa shape index (κ2) is 10.2. The maximum absolute atomic E-state index is 12.9. The van der Waals surface area contributed by atoms with Gasteiger partial charge in [-0.05, 0) is 49.8 Å². The molecule has 1 fully saturated rings. The van der Waals surface area contributed by atoms with Gasteiger partial charge in [-0.1, -0.05) is 39.0 Å². The van der Waals surface area contributed by atoms with Gasteiger partial charge >= 0.3 is 0 Å². The zero-order valence-corrected chi connectivity index (χ0v) is 19.1. The first kappa shape index (κ1) is 22.4. The van der Waals surface area contributed by atoms with E-state index in [-0.39, 0.29) is 17.7 Å². The first-order valence-corrected chi connectivity index (χ1v) is 11.6. The quantitative estimate of drug-likeness (QED) is 0.697. The highest BCUT2D eigenvalue weighted by atomic mass is 32.1. The molecule has 1 saturated heterocycles. The largest absolute Gasteiger partial charge is 0.340 e. The van der Waals surface area contributed by atoms with E-state index in [4.69, 9.17) is 0 Å². The van der Waals surface area contributed by atoms with Gasteiger partial charge < -0.3 is 10.6 Å². The smallest absolute Gasteiger partial charge is 0.252 e. The molecule has 1 aliphatic heterocycles. The van der Waals surface area contributed by atoms with Crippen molar-refractivity contribution in [3.63, 3.8) is 0 Å². The van der Waals surface area contributed by atoms with Gasteiger partial charge in [-0.15, -0.1) is 11.3 Å². The Kier molecular flexibility index (Phi) is 7.61. The van der Waals surface area contributed by atoms with Crippen molar-refractivity contribution in [1.82, 2.24) is 15.2 Å². The summed E-state index contributed by atoms with van der Waals surface area (Å²) in [6.07, 6.45) is 2.52. The Morgan fingerprint density at radius 2 is 2.07 bits per heavy atom. The standard InChI is InChI=1S/C23H32N4O2S/c1-15(2)20(25-21(28)19-10-6-5-9-17(19)4)22(29)26-23-24-18(14-30-23)13-27-11-7-8-16(3)12-27/h5-6,9-10,14-16,20H,7-8,11-13H2,1-4H3,(H,25,28)(H,24,26,29)/t16-,20-/m0/s1. The molecule has 1 aromatic heterocycles. The lowest BCUT2D eigenvalue weighted by Gasteiger charge is -2.30. The number of rotatable bonds is 7. The summed E-state index contributed by atoms with van der Waals surface area (Å²) in [6.45, 7) is 11.0. The zero-order chi connectivity index (χ0) is 21.7. The third-order valence-corrected chi connectivity index (χ3v) is 6.34. The van der Waals surface area contributed by atoms with E-state index < -0.39 is 6.04 Å². The van der Waals surface area contributed by atoms with E-state index in [0.29, 0.717) is 10.7 Å². The summed E-state index contributed by atoms with van der Waals surface area (Å²) in [6, 6.07) is 6.75. The molecule has 0 radical (unpaired) electrons. The number of anilines is 1. The van der Waals surface area contributed by atoms with Gasteiger partial charge in [0.05, 0.1) is 5.69 Å². The fourth-order valence-electron chi connectivity index (χ4n) is 3.86. The minimum atomic E-state index is -0.632. The Bertz CT molecular complexity index is 880. The Morgan fingerprint density at radius 3 is 2.77 bits per heavy atom. The average molecular weight is 429 g/mol. The molecular formula is C23H32N4O2S. The number of nitrogens with zero attached hydrogens (tertiary/aromatic N) is 2. The van der Waals surface area contributed by atoms with Gasteiger partial charge in [0, 0.05) is 24.0 Å². The molecule has 30 heavy (non-hydrogen) atoms. The van der Waals surface area contributed by atoms with Crippen LogP contribution < -0.4 is 10.6 Å². The number of thiazole rings is 1. The van der Waals surface area contributed by atoms with Gasteiger partial charge in [-0.3, -0.25) is 14.5 Å². The summed E-state index contributed by atoms with van der Waals surface area (Å²) in [5.74, 6) is 0.202. The van der Waals surface area contributed by atoms with Crippen LogP contribution in [0.15, 0.2) is 29.6 Å². The van der Waals surface area contributed by atoms with Crippen LogP contribution in [0.2, 0.25) is 0 Å². The van der Waals surface area contributed by atoms with E-state index in [1.165, 1.54) is 24.2 Å². The lowest BCUT2D eigenvalue weighted by atomic mass is 10.0. The molecule has 0 spiro atoms. The van der Waals surface area contributed by atoms with Gasteiger partial charge in [0.2, 0.25) is 5.91 Å². The van der Waals surface area contributed by atoms with Crippen molar-refractivity contribution >= 4 is 28.3 Å². The van der Waals surface area contributed by atoms with Crippen LogP contribution in [0.3, 0.4) is 0 Å². The van der Waals surface area contributed by atoms with Crippen LogP contribution in [0, 0.1) is 18.8 Å². The maximum Gasteiger partial charge on any atom is 0.252 e. The predicted molar refractivity (Wildman–Crippen MR) is 122 cm³/mol. The predicted octanol–water partition coefficient (Wildman–Crippen LogP) is 4.08. The van der Waals surface area contributed by atoms with Crippen molar-refractivity contribution in [3.8, 4) is 0 Å². The highest BCUT2D eigenvalue weighted by Crippen LogP contribution is 2.21. The monoisotopic (exact) mass is 428 g/mol. The lowest BCUT2D eigenvalue weighted by Crippen LogP contribution is -2.47. The van der Waals surface area contributed by atoms with Crippen molar-refractivity contribution in [3.05, 3.63) is 46.5 Å². The fraction of sp³-hybridized carbons (Fsp3) is 0.522. The second-order valence-electron chi connectivity index (χ2n) is 8.63. The number of aryl methyl sites for hydroxylation is 1. The van der Waals surface area contributed by atoms with E-state index in [2.05, 4.69) is 27.4 Å². The number of amides is 2. The van der Waals surface area contributed by atoms with Gasteiger partial charge in [0.1, 0.15) is 6.04 Å². The van der Waals surface area contributed by atoms with Gasteiger partial charge in [-0.25, -0.2) is 4.98 Å². The number of hydrogen-bond donors (Lipinski definition) is 2. The molecule has 0 aliphatic carbocycles. The van der Waals surface area contributed by atoms with Crippen molar-refractivity contribution < 1.29 is 9.59 Å². The summed E-state index contributed by atoms with van der Waals surface area (Å²) in [5.41, 5.74) is 2.45. The van der Waals surface area contributed by atoms with Crippen molar-refractivity contribution in [1.29, 1.82) is 0 Å². The van der Waals surface area contributed by atoms with E-state index in [0.717, 1.165) is 36.8 Å². The van der Waals surface area contributed by atoms with Crippen LogP contribution in [-0.4, -0.2) is 40.8 Å². The number of hydrogen-bond acceptors (Lipinski definition) is 5. The number of likely N-dealkylation sites (tertiary alicyclic amines) is 1. The van der Waals surface area contributed by atoms with E-state index in [1.54, 1.807) is 6.07 Å². The third kappa shape index (κ3) is 5.89. The van der Waals surface area contributed by atoms with Gasteiger partial charge in [-0.2, -0.15) is 0 Å². The Balaban J connectivity index is 1.60. The van der Waals surface area contributed by atoms with Crippen LogP contribution in [0.1, 0.15) is 55.2 Å². The van der Waals surface area contributed by atoms with Crippen LogP contribution in [0.4, 0.5) is 5.13 Å². The topological polar surface area (TPSA) is 74.3 Å². The number of nitrogens with one attached hydrogen (secondary N) is 2. The van der Waals surface area contributed by atoms with Gasteiger partial charge in [0.15, 0.2) is 5.13 Å². The Labute approximate surface area is 183 Å². The van der Waals surface area contributed by atoms with Crippen LogP contribution >= 0.6 is 11.3 Å². The van der Waals surface area contributed by atoms with E-state index in [9.17, 15) is 9.59 Å². The molecule has 2 aromatic rings. The summed E-state index contributed by atoms with van der Waals surface area (Å²) >= 11 is 1.43. The molecule has 6 nitrogen and oxygen atoms in total. The summed E-state index contributed by atoms with van der Waals surface area (Å²) in [5, 5.41) is 8.37. The number of benzene rings is 1. The Hall–Kier alpha value is -2.25. The summed E-state index contributed by atoms with van der Waals surface area (Å²) in [4.78, 5) is 32.6. The van der Waals surface area contributed by atoms with E-state index >= 15 is 0 Å². The van der Waals surface area contributed by atoms with Crippen molar-refractivity contribution in [2.75, 3.05) is 18.4 Å². The van der Waals surface area contributed by atoms with Crippen LogP contribution in [-0.2, 0) is 11.3 Å². The molecule has 1 aliphatic rings. The average Bonchev–Trinajstić information content (AvgIpc) is 3.12. The number of aromatic nitrogens is 1. The molecule has 162 valence electrons. The summed E-state index contributed by atoms with van der Waals surface area (Å²) < 4.78 is 0. The van der Waals surface area contributed by atoms with Crippen molar-refractivity contribution in [2.45, 2.75) is 53.1 Å². The Morgan fingerprint density at radius 1 is 1.30 bits per heavy atom. The molecule has 2 heterocycles. The highest BCUT2D eigenvalue weighted by Gasteiger charge is 2.26. The lowest BCUT2D eigenvalue weighted by molar-refractivity contribution is -0.118. The molecule has 1 aromatic carbocycles. The fourth-order valence-corrected chi connectivity index (χ4v) is 4.57. The highest BCUT2D eigenvalue weighted by molar-refractivity contribution is 7.13. The molecule has 7 heteroatoms. The molecule has 2 atom stereocenters. The van der Waals surface area contributed by atoms with Gasteiger partial charge in [0.25, 0.3) is 5.91 Å². The minimum absolute atomic E-state index is 0.0489. The first-order chi connectivity index (χ1) is 14.3. The molecule has 2 amide bonds. The zero-order valence-electron chi connectivity index (χ0n) is 18.3.